The van der Waals surface area contributed by atoms with Crippen molar-refractivity contribution in [3.63, 3.8) is 0 Å². The molecule has 5 nitrogen and oxygen atoms in total. The molecule has 4 rings (SSSR count). The van der Waals surface area contributed by atoms with Crippen molar-refractivity contribution >= 4 is 28.5 Å². The van der Waals surface area contributed by atoms with E-state index in [1.165, 1.54) is 7.11 Å². The van der Waals surface area contributed by atoms with E-state index < -0.39 is 11.4 Å². The van der Waals surface area contributed by atoms with Crippen molar-refractivity contribution in [2.45, 2.75) is 6.92 Å². The number of fused-ring (bicyclic) bond motifs is 1. The van der Waals surface area contributed by atoms with Gasteiger partial charge < -0.3 is 13.9 Å². The first-order chi connectivity index (χ1) is 14.5. The molecule has 0 atom stereocenters. The second-order valence-electron chi connectivity index (χ2n) is 6.69. The number of halogens is 1. The third-order valence-electron chi connectivity index (χ3n) is 4.63. The zero-order valence-electron chi connectivity index (χ0n) is 16.3. The second-order valence-corrected chi connectivity index (χ2v) is 7.12. The molecule has 0 aliphatic heterocycles. The van der Waals surface area contributed by atoms with Crippen molar-refractivity contribution in [1.82, 2.24) is 0 Å². The van der Waals surface area contributed by atoms with E-state index in [4.69, 9.17) is 25.5 Å². The standard InChI is InChI=1S/C24H17ClO5/c1-14-7-12-20-18(13-14)21(26)23(22(29-20)15-8-10-16(25)11-9-15)30-24(27)17-5-3-4-6-19(17)28-2/h3-13H,1-2H3. The molecule has 30 heavy (non-hydrogen) atoms. The van der Waals surface area contributed by atoms with Crippen LogP contribution in [0.15, 0.2) is 75.9 Å². The molecule has 0 spiro atoms. The lowest BCUT2D eigenvalue weighted by atomic mass is 10.1. The van der Waals surface area contributed by atoms with Gasteiger partial charge in [-0.25, -0.2) is 4.79 Å². The molecule has 4 aromatic rings. The molecule has 0 amide bonds. The van der Waals surface area contributed by atoms with Gasteiger partial charge in [-0.15, -0.1) is 0 Å². The van der Waals surface area contributed by atoms with Crippen molar-refractivity contribution < 1.29 is 18.7 Å². The molecule has 1 aromatic heterocycles. The van der Waals surface area contributed by atoms with E-state index in [1.807, 2.05) is 13.0 Å². The molecule has 0 saturated heterocycles. The summed E-state index contributed by atoms with van der Waals surface area (Å²) in [7, 11) is 1.46. The van der Waals surface area contributed by atoms with Crippen LogP contribution in [0.2, 0.25) is 5.02 Å². The smallest absolute Gasteiger partial charge is 0.347 e. The maximum atomic E-state index is 13.3. The Bertz CT molecular complexity index is 1310. The Labute approximate surface area is 177 Å². The fourth-order valence-electron chi connectivity index (χ4n) is 3.14. The number of hydrogen-bond donors (Lipinski definition) is 0. The van der Waals surface area contributed by atoms with Crippen molar-refractivity contribution in [2.24, 2.45) is 0 Å². The van der Waals surface area contributed by atoms with Gasteiger partial charge in [-0.1, -0.05) is 35.4 Å². The van der Waals surface area contributed by atoms with Crippen LogP contribution in [-0.2, 0) is 0 Å². The average molecular weight is 421 g/mol. The Morgan fingerprint density at radius 3 is 2.47 bits per heavy atom. The lowest BCUT2D eigenvalue weighted by molar-refractivity contribution is 0.0728. The van der Waals surface area contributed by atoms with Crippen LogP contribution in [0.4, 0.5) is 0 Å². The van der Waals surface area contributed by atoms with Gasteiger partial charge >= 0.3 is 5.97 Å². The number of benzene rings is 3. The van der Waals surface area contributed by atoms with E-state index in [2.05, 4.69) is 0 Å². The summed E-state index contributed by atoms with van der Waals surface area (Å²) in [4.78, 5) is 26.2. The summed E-state index contributed by atoms with van der Waals surface area (Å²) in [5.74, 6) is -0.416. The number of methoxy groups -OCH3 is 1. The highest BCUT2D eigenvalue weighted by atomic mass is 35.5. The van der Waals surface area contributed by atoms with Gasteiger partial charge in [0.15, 0.2) is 5.76 Å². The minimum atomic E-state index is -0.720. The highest BCUT2D eigenvalue weighted by Crippen LogP contribution is 2.33. The molecule has 0 aliphatic carbocycles. The Hall–Kier alpha value is -3.57. The Kier molecular flexibility index (Phi) is 5.29. The van der Waals surface area contributed by atoms with E-state index in [1.54, 1.807) is 60.7 Å². The minimum absolute atomic E-state index is 0.149. The predicted molar refractivity (Wildman–Crippen MR) is 116 cm³/mol. The van der Waals surface area contributed by atoms with Crippen molar-refractivity contribution in [1.29, 1.82) is 0 Å². The molecule has 0 radical (unpaired) electrons. The number of rotatable bonds is 4. The maximum Gasteiger partial charge on any atom is 0.347 e. The maximum absolute atomic E-state index is 13.3. The topological polar surface area (TPSA) is 65.7 Å². The number of hydrogen-bond acceptors (Lipinski definition) is 5. The molecule has 3 aromatic carbocycles. The zero-order chi connectivity index (χ0) is 21.3. The fraction of sp³-hybridized carbons (Fsp3) is 0.0833. The van der Waals surface area contributed by atoms with Gasteiger partial charge in [-0.2, -0.15) is 0 Å². The number of carbonyl (C=O) groups is 1. The summed E-state index contributed by atoms with van der Waals surface area (Å²) in [6, 6.07) is 18.6. The first kappa shape index (κ1) is 19.7. The molecule has 0 bridgehead atoms. The lowest BCUT2D eigenvalue weighted by Gasteiger charge is -2.12. The number of aryl methyl sites for hydroxylation is 1. The van der Waals surface area contributed by atoms with Crippen LogP contribution in [0.5, 0.6) is 11.5 Å². The minimum Gasteiger partial charge on any atom is -0.496 e. The summed E-state index contributed by atoms with van der Waals surface area (Å²) < 4.78 is 16.8. The highest BCUT2D eigenvalue weighted by Gasteiger charge is 2.23. The molecular weight excluding hydrogens is 404 g/mol. The van der Waals surface area contributed by atoms with Crippen molar-refractivity contribution in [3.8, 4) is 22.8 Å². The van der Waals surface area contributed by atoms with Crippen LogP contribution in [0.25, 0.3) is 22.3 Å². The Morgan fingerprint density at radius 1 is 1.00 bits per heavy atom. The number of esters is 1. The van der Waals surface area contributed by atoms with Gasteiger partial charge in [0, 0.05) is 10.6 Å². The molecule has 0 fully saturated rings. The number of ether oxygens (including phenoxy) is 2. The second kappa shape index (κ2) is 8.05. The van der Waals surface area contributed by atoms with Gasteiger partial charge in [-0.3, -0.25) is 4.79 Å². The summed E-state index contributed by atoms with van der Waals surface area (Å²) in [6.45, 7) is 1.87. The van der Waals surface area contributed by atoms with Crippen molar-refractivity contribution in [2.75, 3.05) is 7.11 Å². The summed E-state index contributed by atoms with van der Waals surface area (Å²) >= 11 is 5.99. The summed E-state index contributed by atoms with van der Waals surface area (Å²) in [5.41, 5.74) is 1.60. The largest absolute Gasteiger partial charge is 0.496 e. The predicted octanol–water partition coefficient (Wildman–Crippen LogP) is 5.65. The van der Waals surface area contributed by atoms with Crippen LogP contribution in [0, 0.1) is 6.92 Å². The molecule has 6 heteroatoms. The average Bonchev–Trinajstić information content (AvgIpc) is 2.76. The van der Waals surface area contributed by atoms with E-state index in [9.17, 15) is 9.59 Å². The van der Waals surface area contributed by atoms with Crippen LogP contribution in [-0.4, -0.2) is 13.1 Å². The van der Waals surface area contributed by atoms with Crippen LogP contribution >= 0.6 is 11.6 Å². The SMILES string of the molecule is COc1ccccc1C(=O)Oc1c(-c2ccc(Cl)cc2)oc2ccc(C)cc2c1=O. The van der Waals surface area contributed by atoms with E-state index >= 15 is 0 Å². The molecule has 1 heterocycles. The molecule has 0 N–H and O–H groups in total. The molecule has 150 valence electrons. The summed E-state index contributed by atoms with van der Waals surface area (Å²) in [6.07, 6.45) is 0. The van der Waals surface area contributed by atoms with E-state index in [0.29, 0.717) is 27.3 Å². The molecule has 0 saturated carbocycles. The Morgan fingerprint density at radius 2 is 1.73 bits per heavy atom. The van der Waals surface area contributed by atoms with Gasteiger partial charge in [-0.05, 0) is 55.5 Å². The third kappa shape index (κ3) is 3.67. The van der Waals surface area contributed by atoms with E-state index in [0.717, 1.165) is 5.56 Å². The number of para-hydroxylation sites is 1. The first-order valence-electron chi connectivity index (χ1n) is 9.16. The number of carbonyl (C=O) groups excluding carboxylic acids is 1. The zero-order valence-corrected chi connectivity index (χ0v) is 17.0. The van der Waals surface area contributed by atoms with Gasteiger partial charge in [0.1, 0.15) is 16.9 Å². The van der Waals surface area contributed by atoms with Gasteiger partial charge in [0.05, 0.1) is 12.5 Å². The highest BCUT2D eigenvalue weighted by molar-refractivity contribution is 6.30. The Balaban J connectivity index is 1.91. The molecule has 0 aliphatic rings. The fourth-order valence-corrected chi connectivity index (χ4v) is 3.26. The quantitative estimate of drug-likeness (QED) is 0.399. The van der Waals surface area contributed by atoms with Crippen LogP contribution in [0.3, 0.4) is 0 Å². The molecule has 0 unspecified atom stereocenters. The van der Waals surface area contributed by atoms with E-state index in [-0.39, 0.29) is 17.1 Å². The van der Waals surface area contributed by atoms with Crippen LogP contribution in [0.1, 0.15) is 15.9 Å². The van der Waals surface area contributed by atoms with Crippen LogP contribution < -0.4 is 14.9 Å². The first-order valence-corrected chi connectivity index (χ1v) is 9.54. The third-order valence-corrected chi connectivity index (χ3v) is 4.88. The van der Waals surface area contributed by atoms with Gasteiger partial charge in [0.2, 0.25) is 11.2 Å². The normalized spacial score (nSPS) is 10.8. The summed E-state index contributed by atoms with van der Waals surface area (Å²) in [5, 5.41) is 0.862. The van der Waals surface area contributed by atoms with Crippen molar-refractivity contribution in [3.05, 3.63) is 93.1 Å². The van der Waals surface area contributed by atoms with Gasteiger partial charge in [0.25, 0.3) is 0 Å². The lowest BCUT2D eigenvalue weighted by Crippen LogP contribution is -2.17. The molecular formula is C24H17ClO5. The monoisotopic (exact) mass is 420 g/mol.